The molecule has 3 unspecified atom stereocenters. The zero-order chi connectivity index (χ0) is 14.9. The first-order valence-corrected chi connectivity index (χ1v) is 7.86. The number of hydrogen-bond donors (Lipinski definition) is 2. The van der Waals surface area contributed by atoms with E-state index in [-0.39, 0.29) is 17.9 Å². The molecule has 0 radical (unpaired) electrons. The van der Waals surface area contributed by atoms with Crippen molar-refractivity contribution in [3.05, 3.63) is 16.0 Å². The molecule has 1 aliphatic rings. The molecular weight excluding hydrogens is 270 g/mol. The lowest BCUT2D eigenvalue weighted by Crippen LogP contribution is -2.34. The Kier molecular flexibility index (Phi) is 4.46. The maximum absolute atomic E-state index is 12.1. The van der Waals surface area contributed by atoms with Crippen molar-refractivity contribution in [1.29, 1.82) is 5.26 Å². The Morgan fingerprint density at radius 1 is 1.55 bits per heavy atom. The van der Waals surface area contributed by atoms with Gasteiger partial charge in [0.05, 0.1) is 11.5 Å². The van der Waals surface area contributed by atoms with E-state index in [9.17, 15) is 10.1 Å². The molecule has 1 heterocycles. The Balaban J connectivity index is 2.25. The van der Waals surface area contributed by atoms with Gasteiger partial charge in [-0.1, -0.05) is 13.8 Å². The largest absolute Gasteiger partial charge is 0.327 e. The van der Waals surface area contributed by atoms with Crippen LogP contribution in [0, 0.1) is 23.2 Å². The second-order valence-electron chi connectivity index (χ2n) is 5.80. The summed E-state index contributed by atoms with van der Waals surface area (Å²) in [6, 6.07) is 2.06. The van der Waals surface area contributed by atoms with Crippen LogP contribution in [0.2, 0.25) is 0 Å². The molecule has 0 aliphatic heterocycles. The van der Waals surface area contributed by atoms with Gasteiger partial charge in [-0.05, 0) is 37.7 Å². The quantitative estimate of drug-likeness (QED) is 0.898. The number of hydrogen-bond acceptors (Lipinski definition) is 4. The van der Waals surface area contributed by atoms with Crippen molar-refractivity contribution in [2.45, 2.75) is 46.1 Å². The summed E-state index contributed by atoms with van der Waals surface area (Å²) in [6.45, 7) is 5.85. The van der Waals surface area contributed by atoms with Crippen LogP contribution in [-0.2, 0) is 17.6 Å². The van der Waals surface area contributed by atoms with E-state index in [0.717, 1.165) is 24.8 Å². The van der Waals surface area contributed by atoms with E-state index in [4.69, 9.17) is 5.73 Å². The van der Waals surface area contributed by atoms with E-state index >= 15 is 0 Å². The monoisotopic (exact) mass is 291 g/mol. The lowest BCUT2D eigenvalue weighted by atomic mass is 9.88. The van der Waals surface area contributed by atoms with E-state index < -0.39 is 0 Å². The van der Waals surface area contributed by atoms with E-state index in [1.807, 2.05) is 13.8 Å². The summed E-state index contributed by atoms with van der Waals surface area (Å²) in [4.78, 5) is 13.4. The van der Waals surface area contributed by atoms with Crippen molar-refractivity contribution in [1.82, 2.24) is 0 Å². The first kappa shape index (κ1) is 15.0. The van der Waals surface area contributed by atoms with Crippen LogP contribution in [0.15, 0.2) is 0 Å². The normalized spacial score (nSPS) is 20.6. The van der Waals surface area contributed by atoms with Crippen LogP contribution in [0.1, 0.15) is 43.2 Å². The van der Waals surface area contributed by atoms with E-state index in [1.165, 1.54) is 4.88 Å². The van der Waals surface area contributed by atoms with Crippen LogP contribution >= 0.6 is 11.3 Å². The number of nitrogens with two attached hydrogens (primary N) is 1. The summed E-state index contributed by atoms with van der Waals surface area (Å²) in [6.07, 6.45) is 3.06. The highest BCUT2D eigenvalue weighted by Crippen LogP contribution is 2.39. The van der Waals surface area contributed by atoms with Gasteiger partial charge in [-0.2, -0.15) is 5.26 Å². The maximum Gasteiger partial charge on any atom is 0.229 e. The predicted octanol–water partition coefficient (Wildman–Crippen LogP) is 2.67. The third kappa shape index (κ3) is 2.87. The Morgan fingerprint density at radius 2 is 2.25 bits per heavy atom. The Bertz CT molecular complexity index is 556. The third-order valence-corrected chi connectivity index (χ3v) is 5.23. The maximum atomic E-state index is 12.1. The van der Waals surface area contributed by atoms with Gasteiger partial charge in [0.1, 0.15) is 11.1 Å². The van der Waals surface area contributed by atoms with Gasteiger partial charge in [-0.3, -0.25) is 4.79 Å². The Morgan fingerprint density at radius 3 is 2.85 bits per heavy atom. The van der Waals surface area contributed by atoms with Crippen LogP contribution < -0.4 is 11.1 Å². The fourth-order valence-corrected chi connectivity index (χ4v) is 3.79. The average molecular weight is 291 g/mol. The van der Waals surface area contributed by atoms with Gasteiger partial charge >= 0.3 is 0 Å². The van der Waals surface area contributed by atoms with Crippen LogP contribution in [0.5, 0.6) is 0 Å². The topological polar surface area (TPSA) is 78.9 Å². The van der Waals surface area contributed by atoms with Crippen molar-refractivity contribution in [3.8, 4) is 6.07 Å². The SMILES string of the molecule is CC1CCc2c(sc(NC(=O)C(C)C(C)N)c2C#N)C1. The van der Waals surface area contributed by atoms with Crippen molar-refractivity contribution < 1.29 is 4.79 Å². The van der Waals surface area contributed by atoms with E-state index in [0.29, 0.717) is 16.5 Å². The molecule has 1 amide bonds. The minimum atomic E-state index is -0.264. The molecule has 1 aliphatic carbocycles. The highest BCUT2D eigenvalue weighted by molar-refractivity contribution is 7.16. The highest BCUT2D eigenvalue weighted by atomic mass is 32.1. The van der Waals surface area contributed by atoms with Gasteiger partial charge in [-0.25, -0.2) is 0 Å². The molecule has 4 nitrogen and oxygen atoms in total. The van der Waals surface area contributed by atoms with Gasteiger partial charge in [0, 0.05) is 10.9 Å². The molecule has 2 rings (SSSR count). The summed E-state index contributed by atoms with van der Waals surface area (Å²) in [7, 11) is 0. The third-order valence-electron chi connectivity index (χ3n) is 4.06. The molecule has 0 spiro atoms. The number of amides is 1. The highest BCUT2D eigenvalue weighted by Gasteiger charge is 2.26. The van der Waals surface area contributed by atoms with Crippen molar-refractivity contribution in [3.63, 3.8) is 0 Å². The fraction of sp³-hybridized carbons (Fsp3) is 0.600. The smallest absolute Gasteiger partial charge is 0.229 e. The molecule has 3 N–H and O–H groups in total. The Labute approximate surface area is 124 Å². The summed E-state index contributed by atoms with van der Waals surface area (Å²) in [5, 5.41) is 13.0. The molecule has 1 aromatic rings. The number of carbonyl (C=O) groups excluding carboxylic acids is 1. The Hall–Kier alpha value is -1.38. The van der Waals surface area contributed by atoms with Gasteiger partial charge in [-0.15, -0.1) is 11.3 Å². The van der Waals surface area contributed by atoms with Gasteiger partial charge < -0.3 is 11.1 Å². The number of carbonyl (C=O) groups is 1. The van der Waals surface area contributed by atoms with Gasteiger partial charge in [0.25, 0.3) is 0 Å². The second-order valence-corrected chi connectivity index (χ2v) is 6.91. The molecule has 0 saturated heterocycles. The lowest BCUT2D eigenvalue weighted by Gasteiger charge is -2.17. The number of nitrogens with one attached hydrogen (secondary N) is 1. The van der Waals surface area contributed by atoms with Crippen molar-refractivity contribution in [2.75, 3.05) is 5.32 Å². The average Bonchev–Trinajstić information content (AvgIpc) is 2.73. The fourth-order valence-electron chi connectivity index (χ4n) is 2.42. The van der Waals surface area contributed by atoms with E-state index in [2.05, 4.69) is 18.3 Å². The molecule has 0 saturated carbocycles. The van der Waals surface area contributed by atoms with Gasteiger partial charge in [0.15, 0.2) is 0 Å². The molecular formula is C15H21N3OS. The number of anilines is 1. The number of thiophene rings is 1. The zero-order valence-corrected chi connectivity index (χ0v) is 13.0. The molecule has 0 fully saturated rings. The second kappa shape index (κ2) is 5.94. The molecule has 5 heteroatoms. The molecule has 0 bridgehead atoms. The number of nitrogens with zero attached hydrogens (tertiary/aromatic N) is 1. The zero-order valence-electron chi connectivity index (χ0n) is 12.2. The minimum absolute atomic E-state index is 0.108. The van der Waals surface area contributed by atoms with Crippen LogP contribution in [0.25, 0.3) is 0 Å². The summed E-state index contributed by atoms with van der Waals surface area (Å²) >= 11 is 1.55. The molecule has 1 aromatic heterocycles. The van der Waals surface area contributed by atoms with Crippen LogP contribution in [-0.4, -0.2) is 11.9 Å². The van der Waals surface area contributed by atoms with Gasteiger partial charge in [0.2, 0.25) is 5.91 Å². The van der Waals surface area contributed by atoms with Crippen molar-refractivity contribution >= 4 is 22.2 Å². The van der Waals surface area contributed by atoms with Crippen LogP contribution in [0.4, 0.5) is 5.00 Å². The molecule has 20 heavy (non-hydrogen) atoms. The lowest BCUT2D eigenvalue weighted by molar-refractivity contribution is -0.119. The first-order valence-electron chi connectivity index (χ1n) is 7.05. The molecule has 3 atom stereocenters. The number of rotatable bonds is 3. The molecule has 0 aromatic carbocycles. The number of fused-ring (bicyclic) bond motifs is 1. The van der Waals surface area contributed by atoms with Crippen LogP contribution in [0.3, 0.4) is 0 Å². The minimum Gasteiger partial charge on any atom is -0.327 e. The number of nitriles is 1. The summed E-state index contributed by atoms with van der Waals surface area (Å²) in [5.74, 6) is 0.280. The first-order chi connectivity index (χ1) is 9.43. The molecule has 108 valence electrons. The standard InChI is InChI=1S/C15H21N3OS/c1-8-4-5-11-12(7-16)15(20-13(11)6-8)18-14(19)9(2)10(3)17/h8-10H,4-6,17H2,1-3H3,(H,18,19). The summed E-state index contributed by atoms with van der Waals surface area (Å²) < 4.78 is 0. The summed E-state index contributed by atoms with van der Waals surface area (Å²) in [5.41, 5.74) is 7.55. The van der Waals surface area contributed by atoms with Crippen molar-refractivity contribution in [2.24, 2.45) is 17.6 Å². The van der Waals surface area contributed by atoms with E-state index in [1.54, 1.807) is 11.3 Å². The predicted molar refractivity (Wildman–Crippen MR) is 81.7 cm³/mol.